The maximum atomic E-state index is 12.4. The zero-order valence-electron chi connectivity index (χ0n) is 12.7. The van der Waals surface area contributed by atoms with Gasteiger partial charge in [-0.1, -0.05) is 18.2 Å². The Morgan fingerprint density at radius 1 is 1.39 bits per heavy atom. The molecule has 2 aliphatic rings. The number of nitrogens with one attached hydrogen (secondary N) is 1. The number of amides is 3. The topological polar surface area (TPSA) is 95.9 Å². The third-order valence-electron chi connectivity index (χ3n) is 4.35. The van der Waals surface area contributed by atoms with E-state index in [2.05, 4.69) is 5.32 Å². The van der Waals surface area contributed by atoms with Gasteiger partial charge in [0.05, 0.1) is 19.1 Å². The molecule has 2 fully saturated rings. The Hall–Kier alpha value is -2.57. The highest BCUT2D eigenvalue weighted by Crippen LogP contribution is 2.38. The number of rotatable bonds is 6. The van der Waals surface area contributed by atoms with E-state index in [0.29, 0.717) is 19.3 Å². The second kappa shape index (κ2) is 5.91. The van der Waals surface area contributed by atoms with Gasteiger partial charge in [0, 0.05) is 0 Å². The highest BCUT2D eigenvalue weighted by atomic mass is 16.5. The number of aryl methyl sites for hydroxylation is 1. The molecule has 0 aromatic heterocycles. The molecule has 3 amide bonds. The van der Waals surface area contributed by atoms with Crippen LogP contribution in [0.2, 0.25) is 0 Å². The molecule has 1 aliphatic carbocycles. The molecule has 0 radical (unpaired) electrons. The summed E-state index contributed by atoms with van der Waals surface area (Å²) < 4.78 is 5.27. The van der Waals surface area contributed by atoms with E-state index in [0.717, 1.165) is 16.2 Å². The van der Waals surface area contributed by atoms with Crippen LogP contribution in [0.25, 0.3) is 0 Å². The van der Waals surface area contributed by atoms with Gasteiger partial charge in [-0.2, -0.15) is 0 Å². The van der Waals surface area contributed by atoms with Crippen LogP contribution in [-0.4, -0.2) is 47.1 Å². The van der Waals surface area contributed by atoms with Crippen molar-refractivity contribution in [2.24, 2.45) is 5.92 Å². The average Bonchev–Trinajstić information content (AvgIpc) is 3.26. The number of ether oxygens (including phenoxy) is 1. The number of imide groups is 1. The van der Waals surface area contributed by atoms with Gasteiger partial charge in [0.15, 0.2) is 0 Å². The number of nitrogens with zero attached hydrogens (tertiary/aromatic N) is 1. The lowest BCUT2D eigenvalue weighted by Crippen LogP contribution is -2.35. The first kappa shape index (κ1) is 15.3. The SMILES string of the molecule is COc1ccccc1CCC1NC(=O)N(C2CC2C(=O)O)C1=O. The summed E-state index contributed by atoms with van der Waals surface area (Å²) in [5.74, 6) is -1.18. The number of hydrogen-bond donors (Lipinski definition) is 2. The molecule has 1 saturated heterocycles. The molecule has 23 heavy (non-hydrogen) atoms. The summed E-state index contributed by atoms with van der Waals surface area (Å²) in [5, 5.41) is 11.6. The third-order valence-corrected chi connectivity index (χ3v) is 4.35. The summed E-state index contributed by atoms with van der Waals surface area (Å²) in [6.07, 6.45) is 1.38. The molecule has 3 unspecified atom stereocenters. The van der Waals surface area contributed by atoms with Crippen LogP contribution in [0.3, 0.4) is 0 Å². The fraction of sp³-hybridized carbons (Fsp3) is 0.438. The Balaban J connectivity index is 1.63. The normalized spacial score (nSPS) is 26.1. The maximum absolute atomic E-state index is 12.4. The van der Waals surface area contributed by atoms with Gasteiger partial charge in [0.2, 0.25) is 0 Å². The Labute approximate surface area is 133 Å². The molecule has 3 atom stereocenters. The van der Waals surface area contributed by atoms with E-state index in [1.165, 1.54) is 0 Å². The minimum absolute atomic E-state index is 0.335. The largest absolute Gasteiger partial charge is 0.496 e. The minimum atomic E-state index is -0.965. The Morgan fingerprint density at radius 3 is 2.78 bits per heavy atom. The summed E-state index contributed by atoms with van der Waals surface area (Å²) in [4.78, 5) is 36.3. The van der Waals surface area contributed by atoms with Crippen LogP contribution in [0.15, 0.2) is 24.3 Å². The van der Waals surface area contributed by atoms with Crippen molar-refractivity contribution in [2.75, 3.05) is 7.11 Å². The van der Waals surface area contributed by atoms with Gasteiger partial charge in [0.25, 0.3) is 5.91 Å². The molecular formula is C16H18N2O5. The number of carboxylic acids is 1. The molecule has 2 N–H and O–H groups in total. The lowest BCUT2D eigenvalue weighted by Gasteiger charge is -2.13. The summed E-state index contributed by atoms with van der Waals surface area (Å²) >= 11 is 0. The number of aliphatic carboxylic acids is 1. The first-order valence-corrected chi connectivity index (χ1v) is 7.51. The second-order valence-electron chi connectivity index (χ2n) is 5.81. The zero-order valence-corrected chi connectivity index (χ0v) is 12.7. The minimum Gasteiger partial charge on any atom is -0.496 e. The molecule has 122 valence electrons. The van der Waals surface area contributed by atoms with E-state index in [1.807, 2.05) is 24.3 Å². The molecule has 7 heteroatoms. The van der Waals surface area contributed by atoms with Crippen molar-refractivity contribution in [3.05, 3.63) is 29.8 Å². The van der Waals surface area contributed by atoms with E-state index in [-0.39, 0.29) is 5.91 Å². The Morgan fingerprint density at radius 2 is 2.13 bits per heavy atom. The number of para-hydroxylation sites is 1. The summed E-state index contributed by atoms with van der Waals surface area (Å²) in [6.45, 7) is 0. The fourth-order valence-electron chi connectivity index (χ4n) is 3.00. The van der Waals surface area contributed by atoms with Crippen molar-refractivity contribution in [2.45, 2.75) is 31.3 Å². The number of carbonyl (C=O) groups is 3. The van der Waals surface area contributed by atoms with Gasteiger partial charge < -0.3 is 15.2 Å². The van der Waals surface area contributed by atoms with Crippen molar-refractivity contribution in [1.82, 2.24) is 10.2 Å². The number of benzene rings is 1. The van der Waals surface area contributed by atoms with Crippen LogP contribution in [-0.2, 0) is 16.0 Å². The highest BCUT2D eigenvalue weighted by molar-refractivity contribution is 6.05. The van der Waals surface area contributed by atoms with Gasteiger partial charge in [-0.25, -0.2) is 4.79 Å². The maximum Gasteiger partial charge on any atom is 0.325 e. The lowest BCUT2D eigenvalue weighted by molar-refractivity contribution is -0.139. The van der Waals surface area contributed by atoms with E-state index < -0.39 is 30.0 Å². The van der Waals surface area contributed by atoms with Gasteiger partial charge in [-0.15, -0.1) is 0 Å². The number of urea groups is 1. The van der Waals surface area contributed by atoms with Crippen LogP contribution >= 0.6 is 0 Å². The van der Waals surface area contributed by atoms with Gasteiger partial charge in [0.1, 0.15) is 11.8 Å². The Bertz CT molecular complexity index is 660. The van der Waals surface area contributed by atoms with Crippen LogP contribution in [0.5, 0.6) is 5.75 Å². The van der Waals surface area contributed by atoms with Crippen molar-refractivity contribution in [1.29, 1.82) is 0 Å². The molecule has 3 rings (SSSR count). The first-order chi connectivity index (χ1) is 11.0. The predicted octanol–water partition coefficient (Wildman–Crippen LogP) is 1.02. The predicted molar refractivity (Wildman–Crippen MR) is 80.0 cm³/mol. The van der Waals surface area contributed by atoms with E-state index in [4.69, 9.17) is 9.84 Å². The van der Waals surface area contributed by atoms with Crippen molar-refractivity contribution >= 4 is 17.9 Å². The molecule has 7 nitrogen and oxygen atoms in total. The van der Waals surface area contributed by atoms with E-state index in [9.17, 15) is 14.4 Å². The van der Waals surface area contributed by atoms with Gasteiger partial charge in [-0.05, 0) is 30.9 Å². The molecule has 1 aliphatic heterocycles. The van der Waals surface area contributed by atoms with Crippen molar-refractivity contribution in [3.8, 4) is 5.75 Å². The van der Waals surface area contributed by atoms with Crippen LogP contribution in [0.4, 0.5) is 4.79 Å². The fourth-order valence-corrected chi connectivity index (χ4v) is 3.00. The van der Waals surface area contributed by atoms with Gasteiger partial charge in [-0.3, -0.25) is 14.5 Å². The second-order valence-corrected chi connectivity index (χ2v) is 5.81. The third kappa shape index (κ3) is 2.86. The van der Waals surface area contributed by atoms with Crippen molar-refractivity contribution < 1.29 is 24.2 Å². The van der Waals surface area contributed by atoms with E-state index in [1.54, 1.807) is 7.11 Å². The van der Waals surface area contributed by atoms with Crippen LogP contribution in [0, 0.1) is 5.92 Å². The van der Waals surface area contributed by atoms with E-state index >= 15 is 0 Å². The first-order valence-electron chi connectivity index (χ1n) is 7.51. The zero-order chi connectivity index (χ0) is 16.6. The Kier molecular flexibility index (Phi) is 3.94. The smallest absolute Gasteiger partial charge is 0.325 e. The summed E-state index contributed by atoms with van der Waals surface area (Å²) in [5.41, 5.74) is 0.963. The lowest BCUT2D eigenvalue weighted by atomic mass is 10.0. The molecular weight excluding hydrogens is 300 g/mol. The molecule has 1 saturated carbocycles. The number of hydrogen-bond acceptors (Lipinski definition) is 4. The highest BCUT2D eigenvalue weighted by Gasteiger charge is 2.54. The molecule has 1 heterocycles. The summed E-state index contributed by atoms with van der Waals surface area (Å²) in [7, 11) is 1.59. The quantitative estimate of drug-likeness (QED) is 0.764. The van der Waals surface area contributed by atoms with Crippen molar-refractivity contribution in [3.63, 3.8) is 0 Å². The van der Waals surface area contributed by atoms with Gasteiger partial charge >= 0.3 is 12.0 Å². The summed E-state index contributed by atoms with van der Waals surface area (Å²) in [6, 6.07) is 5.91. The number of carbonyl (C=O) groups excluding carboxylic acids is 2. The molecule has 0 spiro atoms. The number of methoxy groups -OCH3 is 1. The molecule has 1 aromatic rings. The average molecular weight is 318 g/mol. The number of carboxylic acid groups (broad SMARTS) is 1. The molecule has 0 bridgehead atoms. The molecule has 1 aromatic carbocycles. The standard InChI is InChI=1S/C16H18N2O5/c1-23-13-5-3-2-4-9(13)6-7-11-14(19)18(16(22)17-11)12-8-10(12)15(20)21/h2-5,10-12H,6-8H2,1H3,(H,17,22)(H,20,21). The van der Waals surface area contributed by atoms with Crippen LogP contribution < -0.4 is 10.1 Å². The monoisotopic (exact) mass is 318 g/mol. The van der Waals surface area contributed by atoms with Crippen LogP contribution in [0.1, 0.15) is 18.4 Å².